The van der Waals surface area contributed by atoms with E-state index in [0.717, 1.165) is 36.5 Å². The summed E-state index contributed by atoms with van der Waals surface area (Å²) in [6, 6.07) is 2.58. The Kier molecular flexibility index (Phi) is 5.46. The molecule has 0 aromatic carbocycles. The van der Waals surface area contributed by atoms with Crippen molar-refractivity contribution in [3.8, 4) is 6.07 Å². The number of rotatable bonds is 4. The minimum atomic E-state index is -0.591. The standard InChI is InChI=1S/C26H39N3O2/c1-17(29-15-18(13-27)14-28-29)23-6-7-24-22-5-4-19-12-26(30,16-31-3)11-9-20(19)21(22)8-10-25(23,24)2/h14-15,17,19-24,30H,4-12,16H2,1-3H3/t17-,19+,20-,21+,22+,23?,24-,25+,26+/m0/s1. The normalized spacial score (nSPS) is 45.3. The molecule has 0 aliphatic heterocycles. The molecule has 5 rings (SSSR count). The highest BCUT2D eigenvalue weighted by molar-refractivity contribution is 5.22. The molecular formula is C26H39N3O2. The summed E-state index contributed by atoms with van der Waals surface area (Å²) in [7, 11) is 1.71. The predicted molar refractivity (Wildman–Crippen MR) is 119 cm³/mol. The molecule has 4 aliphatic carbocycles. The van der Waals surface area contributed by atoms with Gasteiger partial charge in [0.15, 0.2) is 0 Å². The van der Waals surface area contributed by atoms with Gasteiger partial charge in [-0.15, -0.1) is 0 Å². The Morgan fingerprint density at radius 2 is 2.00 bits per heavy atom. The maximum absolute atomic E-state index is 11.0. The zero-order chi connectivity index (χ0) is 21.8. The summed E-state index contributed by atoms with van der Waals surface area (Å²) in [5.41, 5.74) is 0.461. The van der Waals surface area contributed by atoms with Gasteiger partial charge in [0.2, 0.25) is 0 Å². The summed E-state index contributed by atoms with van der Waals surface area (Å²) in [6.45, 7) is 5.37. The van der Waals surface area contributed by atoms with E-state index in [1.165, 1.54) is 44.9 Å². The predicted octanol–water partition coefficient (Wildman–Crippen LogP) is 4.96. The lowest BCUT2D eigenvalue weighted by Gasteiger charge is -2.57. The summed E-state index contributed by atoms with van der Waals surface area (Å²) in [5, 5.41) is 24.7. The number of fused-ring (bicyclic) bond motifs is 5. The molecule has 4 fully saturated rings. The molecule has 4 saturated carbocycles. The third-order valence-electron chi connectivity index (χ3n) is 10.3. The van der Waals surface area contributed by atoms with Crippen LogP contribution in [0.25, 0.3) is 0 Å². The van der Waals surface area contributed by atoms with E-state index >= 15 is 0 Å². The summed E-state index contributed by atoms with van der Waals surface area (Å²) < 4.78 is 7.40. The molecule has 0 spiro atoms. The summed E-state index contributed by atoms with van der Waals surface area (Å²) >= 11 is 0. The van der Waals surface area contributed by atoms with Crippen molar-refractivity contribution in [3.63, 3.8) is 0 Å². The van der Waals surface area contributed by atoms with Crippen molar-refractivity contribution in [2.45, 2.75) is 83.3 Å². The molecule has 1 N–H and O–H groups in total. The molecule has 0 radical (unpaired) electrons. The molecule has 1 aromatic heterocycles. The third-order valence-corrected chi connectivity index (χ3v) is 10.3. The Morgan fingerprint density at radius 3 is 2.74 bits per heavy atom. The average molecular weight is 426 g/mol. The Hall–Kier alpha value is -1.38. The molecule has 5 heteroatoms. The van der Waals surface area contributed by atoms with Gasteiger partial charge in [-0.25, -0.2) is 0 Å². The first kappa shape index (κ1) is 21.5. The van der Waals surface area contributed by atoms with Crippen molar-refractivity contribution < 1.29 is 9.84 Å². The molecule has 31 heavy (non-hydrogen) atoms. The first-order valence-electron chi connectivity index (χ1n) is 12.5. The first-order valence-corrected chi connectivity index (χ1v) is 12.5. The molecule has 170 valence electrons. The van der Waals surface area contributed by atoms with Gasteiger partial charge in [-0.05, 0) is 106 Å². The summed E-state index contributed by atoms with van der Waals surface area (Å²) in [4.78, 5) is 0. The molecule has 1 unspecified atom stereocenters. The van der Waals surface area contributed by atoms with Crippen LogP contribution < -0.4 is 0 Å². The smallest absolute Gasteiger partial charge is 0.102 e. The largest absolute Gasteiger partial charge is 0.387 e. The van der Waals surface area contributed by atoms with Gasteiger partial charge in [-0.2, -0.15) is 10.4 Å². The topological polar surface area (TPSA) is 71.1 Å². The highest BCUT2D eigenvalue weighted by atomic mass is 16.5. The Balaban J connectivity index is 1.32. The van der Waals surface area contributed by atoms with Crippen molar-refractivity contribution in [3.05, 3.63) is 18.0 Å². The Morgan fingerprint density at radius 1 is 1.19 bits per heavy atom. The van der Waals surface area contributed by atoms with Gasteiger partial charge in [0.25, 0.3) is 0 Å². The highest BCUT2D eigenvalue weighted by Crippen LogP contribution is 2.66. The summed E-state index contributed by atoms with van der Waals surface area (Å²) in [6.07, 6.45) is 14.6. The second-order valence-electron chi connectivity index (χ2n) is 11.6. The van der Waals surface area contributed by atoms with Crippen molar-refractivity contribution in [1.82, 2.24) is 9.78 Å². The first-order chi connectivity index (χ1) is 14.9. The SMILES string of the molecule is COC[C@@]1(O)CC[C@H]2[C@H](CC[C@@H]3[C@@H]2CC[C@]2(C)C([C@H](C)n4cc(C#N)cn4)CC[C@@H]32)C1. The van der Waals surface area contributed by atoms with Crippen LogP contribution in [-0.2, 0) is 4.74 Å². The van der Waals surface area contributed by atoms with Crippen LogP contribution in [0.3, 0.4) is 0 Å². The van der Waals surface area contributed by atoms with Gasteiger partial charge < -0.3 is 9.84 Å². The fraction of sp³-hybridized carbons (Fsp3) is 0.846. The Bertz CT molecular complexity index is 846. The monoisotopic (exact) mass is 425 g/mol. The third kappa shape index (κ3) is 3.45. The van der Waals surface area contributed by atoms with Gasteiger partial charge in [0, 0.05) is 13.3 Å². The van der Waals surface area contributed by atoms with Crippen molar-refractivity contribution >= 4 is 0 Å². The number of ether oxygens (including phenoxy) is 1. The van der Waals surface area contributed by atoms with Crippen LogP contribution in [0.2, 0.25) is 0 Å². The second-order valence-corrected chi connectivity index (χ2v) is 11.6. The molecule has 5 nitrogen and oxygen atoms in total. The lowest BCUT2D eigenvalue weighted by Crippen LogP contribution is -2.52. The van der Waals surface area contributed by atoms with E-state index in [-0.39, 0.29) is 0 Å². The van der Waals surface area contributed by atoms with Gasteiger partial charge in [-0.3, -0.25) is 4.68 Å². The van der Waals surface area contributed by atoms with E-state index in [4.69, 9.17) is 4.74 Å². The maximum Gasteiger partial charge on any atom is 0.102 e. The van der Waals surface area contributed by atoms with Crippen LogP contribution in [0, 0.1) is 52.3 Å². The van der Waals surface area contributed by atoms with E-state index < -0.39 is 5.60 Å². The number of hydrogen-bond acceptors (Lipinski definition) is 4. The van der Waals surface area contributed by atoms with E-state index in [1.54, 1.807) is 13.3 Å². The van der Waals surface area contributed by atoms with Crippen molar-refractivity contribution in [2.75, 3.05) is 13.7 Å². The highest BCUT2D eigenvalue weighted by Gasteiger charge is 2.58. The molecule has 4 aliphatic rings. The minimum absolute atomic E-state index is 0.351. The Labute approximate surface area is 187 Å². The quantitative estimate of drug-likeness (QED) is 0.740. The van der Waals surface area contributed by atoms with Crippen molar-refractivity contribution in [2.24, 2.45) is 40.9 Å². The number of hydrogen-bond donors (Lipinski definition) is 1. The van der Waals surface area contributed by atoms with Crippen LogP contribution in [0.4, 0.5) is 0 Å². The zero-order valence-electron chi connectivity index (χ0n) is 19.5. The molecule has 0 bridgehead atoms. The number of aliphatic hydroxyl groups is 1. The lowest BCUT2D eigenvalue weighted by molar-refractivity contribution is -0.125. The fourth-order valence-corrected chi connectivity index (χ4v) is 9.00. The van der Waals surface area contributed by atoms with E-state index in [2.05, 4.69) is 29.7 Å². The molecule has 0 saturated heterocycles. The molecule has 0 amide bonds. The van der Waals surface area contributed by atoms with Crippen LogP contribution in [0.5, 0.6) is 0 Å². The summed E-state index contributed by atoms with van der Waals surface area (Å²) in [5.74, 6) is 4.67. The number of nitriles is 1. The molecular weight excluding hydrogens is 386 g/mol. The zero-order valence-corrected chi connectivity index (χ0v) is 19.5. The number of aromatic nitrogens is 2. The van der Waals surface area contributed by atoms with Gasteiger partial charge in [0.1, 0.15) is 6.07 Å². The van der Waals surface area contributed by atoms with E-state index in [9.17, 15) is 10.4 Å². The lowest BCUT2D eigenvalue weighted by atomic mass is 9.48. The molecule has 9 atom stereocenters. The van der Waals surface area contributed by atoms with Crippen LogP contribution in [0.15, 0.2) is 12.4 Å². The van der Waals surface area contributed by atoms with E-state index in [1.807, 2.05) is 6.20 Å². The van der Waals surface area contributed by atoms with Gasteiger partial charge in [-0.1, -0.05) is 6.92 Å². The van der Waals surface area contributed by atoms with Crippen molar-refractivity contribution in [1.29, 1.82) is 5.26 Å². The molecule has 1 heterocycles. The van der Waals surface area contributed by atoms with E-state index in [0.29, 0.717) is 35.5 Å². The average Bonchev–Trinajstić information content (AvgIpc) is 3.37. The molecule has 1 aromatic rings. The fourth-order valence-electron chi connectivity index (χ4n) is 9.00. The number of nitrogens with zero attached hydrogens (tertiary/aromatic N) is 3. The number of methoxy groups -OCH3 is 1. The van der Waals surface area contributed by atoms with Crippen LogP contribution >= 0.6 is 0 Å². The van der Waals surface area contributed by atoms with Crippen LogP contribution in [0.1, 0.15) is 83.2 Å². The second kappa shape index (κ2) is 7.89. The van der Waals surface area contributed by atoms with Gasteiger partial charge >= 0.3 is 0 Å². The van der Waals surface area contributed by atoms with Gasteiger partial charge in [0.05, 0.1) is 30.0 Å². The minimum Gasteiger partial charge on any atom is -0.387 e. The van der Waals surface area contributed by atoms with Crippen LogP contribution in [-0.4, -0.2) is 34.2 Å². The maximum atomic E-state index is 11.0.